The first kappa shape index (κ1) is 14.9. The molecule has 0 atom stereocenters. The van der Waals surface area contributed by atoms with Gasteiger partial charge in [0.15, 0.2) is 0 Å². The zero-order valence-corrected chi connectivity index (χ0v) is 14.4. The summed E-state index contributed by atoms with van der Waals surface area (Å²) in [6.07, 6.45) is 0. The number of carbonyl (C=O) groups is 1. The van der Waals surface area contributed by atoms with Crippen LogP contribution in [-0.2, 0) is 0 Å². The van der Waals surface area contributed by atoms with Crippen molar-refractivity contribution in [3.05, 3.63) is 96.1 Å². The predicted molar refractivity (Wildman–Crippen MR) is 107 cm³/mol. The standard InChI is InChI=1S/C24H17NO/c1-16-10-12-17(13-11-16)19-14-15-22-23-20(19)8-5-9-21(23)24(26)25(22)18-6-3-2-4-7-18/h2-15H,1H3. The maximum atomic E-state index is 13.1. The topological polar surface area (TPSA) is 20.3 Å². The lowest BCUT2D eigenvalue weighted by Gasteiger charge is -2.18. The van der Waals surface area contributed by atoms with E-state index in [2.05, 4.69) is 49.4 Å². The highest BCUT2D eigenvalue weighted by Gasteiger charge is 2.31. The fourth-order valence-electron chi connectivity index (χ4n) is 3.80. The monoisotopic (exact) mass is 335 g/mol. The van der Waals surface area contributed by atoms with Gasteiger partial charge >= 0.3 is 0 Å². The molecular formula is C24H17NO. The van der Waals surface area contributed by atoms with Gasteiger partial charge in [-0.05, 0) is 47.7 Å². The highest BCUT2D eigenvalue weighted by atomic mass is 16.2. The zero-order valence-electron chi connectivity index (χ0n) is 14.4. The van der Waals surface area contributed by atoms with Crippen LogP contribution in [-0.4, -0.2) is 5.91 Å². The van der Waals surface area contributed by atoms with E-state index in [-0.39, 0.29) is 5.91 Å². The summed E-state index contributed by atoms with van der Waals surface area (Å²) in [6.45, 7) is 2.09. The molecule has 0 saturated heterocycles. The average Bonchev–Trinajstić information content (AvgIpc) is 2.97. The highest BCUT2D eigenvalue weighted by Crippen LogP contribution is 2.44. The molecule has 0 aliphatic carbocycles. The van der Waals surface area contributed by atoms with Crippen LogP contribution in [0, 0.1) is 6.92 Å². The van der Waals surface area contributed by atoms with E-state index < -0.39 is 0 Å². The number of anilines is 2. The number of rotatable bonds is 2. The molecule has 2 nitrogen and oxygen atoms in total. The molecule has 0 radical (unpaired) electrons. The molecule has 1 aliphatic rings. The number of carbonyl (C=O) groups excluding carboxylic acids is 1. The van der Waals surface area contributed by atoms with Crippen molar-refractivity contribution in [3.8, 4) is 11.1 Å². The second-order valence-electron chi connectivity index (χ2n) is 6.70. The third kappa shape index (κ3) is 2.09. The van der Waals surface area contributed by atoms with Crippen LogP contribution in [0.25, 0.3) is 21.9 Å². The van der Waals surface area contributed by atoms with Crippen molar-refractivity contribution < 1.29 is 4.79 Å². The molecule has 26 heavy (non-hydrogen) atoms. The molecular weight excluding hydrogens is 318 g/mol. The summed E-state index contributed by atoms with van der Waals surface area (Å²) in [6, 6.07) is 28.6. The molecule has 0 bridgehead atoms. The van der Waals surface area contributed by atoms with Crippen molar-refractivity contribution in [1.82, 2.24) is 0 Å². The van der Waals surface area contributed by atoms with Gasteiger partial charge in [0.25, 0.3) is 5.91 Å². The Labute approximate surface area is 152 Å². The lowest BCUT2D eigenvalue weighted by atomic mass is 9.95. The summed E-state index contributed by atoms with van der Waals surface area (Å²) >= 11 is 0. The smallest absolute Gasteiger partial charge is 0.263 e. The minimum Gasteiger partial charge on any atom is -0.276 e. The Kier molecular flexibility index (Phi) is 3.19. The van der Waals surface area contributed by atoms with Crippen LogP contribution in [0.1, 0.15) is 15.9 Å². The fourth-order valence-corrected chi connectivity index (χ4v) is 3.80. The SMILES string of the molecule is Cc1ccc(-c2ccc3c4c(cccc24)C(=O)N3c2ccccc2)cc1. The molecule has 124 valence electrons. The molecule has 1 heterocycles. The molecule has 0 saturated carbocycles. The Hall–Kier alpha value is -3.39. The number of hydrogen-bond acceptors (Lipinski definition) is 1. The van der Waals surface area contributed by atoms with Crippen LogP contribution < -0.4 is 4.90 Å². The molecule has 0 fully saturated rings. The maximum Gasteiger partial charge on any atom is 0.263 e. The van der Waals surface area contributed by atoms with E-state index in [9.17, 15) is 4.79 Å². The van der Waals surface area contributed by atoms with Crippen molar-refractivity contribution in [2.75, 3.05) is 4.90 Å². The van der Waals surface area contributed by atoms with Gasteiger partial charge in [-0.2, -0.15) is 0 Å². The van der Waals surface area contributed by atoms with Gasteiger partial charge in [0.05, 0.1) is 11.3 Å². The van der Waals surface area contributed by atoms with Gasteiger partial charge in [-0.1, -0.05) is 66.2 Å². The highest BCUT2D eigenvalue weighted by molar-refractivity contribution is 6.29. The van der Waals surface area contributed by atoms with E-state index >= 15 is 0 Å². The van der Waals surface area contributed by atoms with Crippen molar-refractivity contribution in [1.29, 1.82) is 0 Å². The van der Waals surface area contributed by atoms with Gasteiger partial charge in [0.1, 0.15) is 0 Å². The van der Waals surface area contributed by atoms with E-state index in [1.165, 1.54) is 11.1 Å². The number of para-hydroxylation sites is 1. The number of nitrogens with zero attached hydrogens (tertiary/aromatic N) is 1. The van der Waals surface area contributed by atoms with Gasteiger partial charge in [0.2, 0.25) is 0 Å². The summed E-state index contributed by atoms with van der Waals surface area (Å²) in [5.74, 6) is 0.0397. The molecule has 0 N–H and O–H groups in total. The molecule has 2 heteroatoms. The molecule has 1 aliphatic heterocycles. The van der Waals surface area contributed by atoms with Gasteiger partial charge < -0.3 is 0 Å². The van der Waals surface area contributed by atoms with Gasteiger partial charge in [-0.3, -0.25) is 9.69 Å². The number of hydrogen-bond donors (Lipinski definition) is 0. The zero-order chi connectivity index (χ0) is 17.7. The van der Waals surface area contributed by atoms with E-state index in [1.54, 1.807) is 0 Å². The van der Waals surface area contributed by atoms with Crippen LogP contribution in [0.5, 0.6) is 0 Å². The van der Waals surface area contributed by atoms with Crippen LogP contribution >= 0.6 is 0 Å². The Balaban J connectivity index is 1.77. The van der Waals surface area contributed by atoms with E-state index in [0.29, 0.717) is 0 Å². The Bertz CT molecular complexity index is 1140. The van der Waals surface area contributed by atoms with Crippen LogP contribution in [0.3, 0.4) is 0 Å². The van der Waals surface area contributed by atoms with Crippen molar-refractivity contribution in [2.45, 2.75) is 6.92 Å². The number of amides is 1. The third-order valence-corrected chi connectivity index (χ3v) is 5.07. The second kappa shape index (κ2) is 5.57. The van der Waals surface area contributed by atoms with Crippen LogP contribution in [0.15, 0.2) is 84.9 Å². The molecule has 0 spiro atoms. The van der Waals surface area contributed by atoms with E-state index in [4.69, 9.17) is 0 Å². The molecule has 0 unspecified atom stereocenters. The van der Waals surface area contributed by atoms with Crippen LogP contribution in [0.4, 0.5) is 11.4 Å². The summed E-state index contributed by atoms with van der Waals surface area (Å²) in [4.78, 5) is 14.9. The average molecular weight is 335 g/mol. The quantitative estimate of drug-likeness (QED) is 0.433. The second-order valence-corrected chi connectivity index (χ2v) is 6.70. The van der Waals surface area contributed by atoms with Crippen molar-refractivity contribution in [3.63, 3.8) is 0 Å². The first-order valence-corrected chi connectivity index (χ1v) is 8.76. The predicted octanol–water partition coefficient (Wildman–Crippen LogP) is 6.11. The molecule has 5 rings (SSSR count). The van der Waals surface area contributed by atoms with Gasteiger partial charge in [-0.15, -0.1) is 0 Å². The van der Waals surface area contributed by atoms with Crippen molar-refractivity contribution in [2.24, 2.45) is 0 Å². The largest absolute Gasteiger partial charge is 0.276 e. The minimum atomic E-state index is 0.0397. The number of aryl methyl sites for hydroxylation is 1. The third-order valence-electron chi connectivity index (χ3n) is 5.07. The van der Waals surface area contributed by atoms with Crippen LogP contribution in [0.2, 0.25) is 0 Å². The summed E-state index contributed by atoms with van der Waals surface area (Å²) < 4.78 is 0. The van der Waals surface area contributed by atoms with Crippen molar-refractivity contribution >= 4 is 28.1 Å². The summed E-state index contributed by atoms with van der Waals surface area (Å²) in [5, 5.41) is 2.16. The lowest BCUT2D eigenvalue weighted by Crippen LogP contribution is -2.20. The maximum absolute atomic E-state index is 13.1. The Morgan fingerprint density at radius 3 is 2.23 bits per heavy atom. The Morgan fingerprint density at radius 2 is 1.46 bits per heavy atom. The Morgan fingerprint density at radius 1 is 0.692 bits per heavy atom. The fraction of sp³-hybridized carbons (Fsp3) is 0.0417. The minimum absolute atomic E-state index is 0.0397. The lowest BCUT2D eigenvalue weighted by molar-refractivity contribution is 0.100. The normalized spacial score (nSPS) is 12.8. The van der Waals surface area contributed by atoms with Gasteiger partial charge in [0, 0.05) is 11.1 Å². The molecule has 0 aromatic heterocycles. The molecule has 4 aromatic rings. The number of benzene rings is 4. The van der Waals surface area contributed by atoms with E-state index in [0.717, 1.165) is 33.3 Å². The summed E-state index contributed by atoms with van der Waals surface area (Å²) in [7, 11) is 0. The van der Waals surface area contributed by atoms with Gasteiger partial charge in [-0.25, -0.2) is 0 Å². The molecule has 4 aromatic carbocycles. The van der Waals surface area contributed by atoms with E-state index in [1.807, 2.05) is 47.4 Å². The first-order chi connectivity index (χ1) is 12.7. The summed E-state index contributed by atoms with van der Waals surface area (Å²) in [5.41, 5.74) is 6.21. The molecule has 1 amide bonds. The first-order valence-electron chi connectivity index (χ1n) is 8.76.